The van der Waals surface area contributed by atoms with Crippen molar-refractivity contribution in [2.75, 3.05) is 11.9 Å². The van der Waals surface area contributed by atoms with E-state index in [1.165, 1.54) is 0 Å². The van der Waals surface area contributed by atoms with Gasteiger partial charge in [-0.2, -0.15) is 9.97 Å². The molecule has 28 heavy (non-hydrogen) atoms. The standard InChI is InChI=1S/C17H19Cl6N5/c1-3-15(24,4-2)9-25-14-27-12(26-13(28-14)17(21,22)23)10-5-7-11(8-6-10)16(18,19)20/h5-8H,3-4,9,24H2,1-2H3,(H,25,26,27,28). The average molecular weight is 506 g/mol. The van der Waals surface area contributed by atoms with Gasteiger partial charge in [-0.1, -0.05) is 108 Å². The summed E-state index contributed by atoms with van der Waals surface area (Å²) in [5, 5.41) is 3.12. The zero-order valence-corrected chi connectivity index (χ0v) is 19.7. The predicted octanol–water partition coefficient (Wildman–Crippen LogP) is 6.12. The Morgan fingerprint density at radius 2 is 1.43 bits per heavy atom. The number of alkyl halides is 6. The van der Waals surface area contributed by atoms with Crippen LogP contribution in [0.15, 0.2) is 24.3 Å². The number of aromatic nitrogens is 3. The van der Waals surface area contributed by atoms with Crippen LogP contribution in [0, 0.1) is 0 Å². The minimum Gasteiger partial charge on any atom is -0.352 e. The summed E-state index contributed by atoms with van der Waals surface area (Å²) in [5.74, 6) is 0.560. The molecule has 0 amide bonds. The Labute approximate surface area is 194 Å². The van der Waals surface area contributed by atoms with Crippen molar-refractivity contribution in [1.29, 1.82) is 0 Å². The Hall–Kier alpha value is -0.270. The second-order valence-electron chi connectivity index (χ2n) is 6.30. The molecule has 1 aromatic heterocycles. The van der Waals surface area contributed by atoms with Crippen LogP contribution in [0.5, 0.6) is 0 Å². The van der Waals surface area contributed by atoms with Crippen molar-refractivity contribution >= 4 is 75.6 Å². The summed E-state index contributed by atoms with van der Waals surface area (Å²) in [7, 11) is 0. The Morgan fingerprint density at radius 3 is 1.89 bits per heavy atom. The highest BCUT2D eigenvalue weighted by atomic mass is 35.6. The van der Waals surface area contributed by atoms with Gasteiger partial charge in [0.05, 0.1) is 0 Å². The zero-order valence-electron chi connectivity index (χ0n) is 15.1. The first-order chi connectivity index (χ1) is 12.9. The summed E-state index contributed by atoms with van der Waals surface area (Å²) < 4.78 is -3.35. The van der Waals surface area contributed by atoms with E-state index in [-0.39, 0.29) is 11.8 Å². The molecule has 5 nitrogen and oxygen atoms in total. The predicted molar refractivity (Wildman–Crippen MR) is 120 cm³/mol. The second kappa shape index (κ2) is 9.25. The lowest BCUT2D eigenvalue weighted by Crippen LogP contribution is -2.45. The molecule has 0 fully saturated rings. The van der Waals surface area contributed by atoms with Gasteiger partial charge in [-0.15, -0.1) is 0 Å². The number of rotatable bonds is 6. The van der Waals surface area contributed by atoms with E-state index in [1.54, 1.807) is 24.3 Å². The third-order valence-corrected chi connectivity index (χ3v) is 5.53. The number of hydrogen-bond acceptors (Lipinski definition) is 5. The normalized spacial score (nSPS) is 12.9. The van der Waals surface area contributed by atoms with Crippen LogP contribution in [0.4, 0.5) is 5.95 Å². The van der Waals surface area contributed by atoms with E-state index in [0.29, 0.717) is 23.5 Å². The highest BCUT2D eigenvalue weighted by molar-refractivity contribution is 6.67. The maximum atomic E-state index is 6.33. The van der Waals surface area contributed by atoms with E-state index in [2.05, 4.69) is 20.3 Å². The number of nitrogens with two attached hydrogens (primary N) is 1. The summed E-state index contributed by atoms with van der Waals surface area (Å²) in [5.41, 5.74) is 7.07. The minimum absolute atomic E-state index is 0.00827. The molecule has 3 N–H and O–H groups in total. The Balaban J connectivity index is 2.41. The van der Waals surface area contributed by atoms with Gasteiger partial charge in [-0.3, -0.25) is 0 Å². The minimum atomic E-state index is -1.82. The molecule has 0 radical (unpaired) electrons. The van der Waals surface area contributed by atoms with Gasteiger partial charge in [0.25, 0.3) is 0 Å². The molecule has 0 spiro atoms. The highest BCUT2D eigenvalue weighted by Gasteiger charge is 2.29. The van der Waals surface area contributed by atoms with Gasteiger partial charge in [0, 0.05) is 23.2 Å². The summed E-state index contributed by atoms with van der Waals surface area (Å²) in [6.07, 6.45) is 1.56. The number of nitrogens with zero attached hydrogens (tertiary/aromatic N) is 3. The van der Waals surface area contributed by atoms with E-state index in [1.807, 2.05) is 13.8 Å². The smallest absolute Gasteiger partial charge is 0.250 e. The molecule has 2 aromatic rings. The first-order valence-electron chi connectivity index (χ1n) is 8.41. The Kier molecular flexibility index (Phi) is 7.93. The van der Waals surface area contributed by atoms with E-state index < -0.39 is 13.1 Å². The maximum absolute atomic E-state index is 6.33. The molecule has 2 rings (SSSR count). The monoisotopic (exact) mass is 503 g/mol. The molecule has 0 aliphatic heterocycles. The summed E-state index contributed by atoms with van der Waals surface area (Å²) in [4.78, 5) is 12.9. The van der Waals surface area contributed by atoms with Crippen molar-refractivity contribution in [2.45, 2.75) is 39.8 Å². The van der Waals surface area contributed by atoms with E-state index in [0.717, 1.165) is 12.8 Å². The molecule has 0 atom stereocenters. The molecule has 11 heteroatoms. The summed E-state index contributed by atoms with van der Waals surface area (Å²) in [6.45, 7) is 4.49. The first kappa shape index (κ1) is 24.0. The second-order valence-corrected chi connectivity index (χ2v) is 10.9. The number of benzene rings is 1. The van der Waals surface area contributed by atoms with Gasteiger partial charge in [0.2, 0.25) is 13.5 Å². The lowest BCUT2D eigenvalue weighted by molar-refractivity contribution is 0.417. The van der Waals surface area contributed by atoms with E-state index >= 15 is 0 Å². The molecule has 154 valence electrons. The van der Waals surface area contributed by atoms with Crippen molar-refractivity contribution in [3.05, 3.63) is 35.7 Å². The van der Waals surface area contributed by atoms with Gasteiger partial charge in [0.1, 0.15) is 0 Å². The Morgan fingerprint density at radius 1 is 0.857 bits per heavy atom. The van der Waals surface area contributed by atoms with Crippen LogP contribution < -0.4 is 11.1 Å². The van der Waals surface area contributed by atoms with Crippen LogP contribution in [0.1, 0.15) is 38.1 Å². The van der Waals surface area contributed by atoms with Crippen LogP contribution in [0.25, 0.3) is 11.4 Å². The molecule has 0 unspecified atom stereocenters. The van der Waals surface area contributed by atoms with Gasteiger partial charge < -0.3 is 11.1 Å². The molecular weight excluding hydrogens is 487 g/mol. The van der Waals surface area contributed by atoms with E-state index in [4.69, 9.17) is 75.3 Å². The molecular formula is C17H19Cl6N5. The average Bonchev–Trinajstić information content (AvgIpc) is 2.64. The third-order valence-electron chi connectivity index (χ3n) is 4.37. The molecule has 0 saturated heterocycles. The fourth-order valence-corrected chi connectivity index (χ4v) is 2.91. The zero-order chi connectivity index (χ0) is 21.2. The molecule has 1 aromatic carbocycles. The van der Waals surface area contributed by atoms with Crippen LogP contribution in [-0.4, -0.2) is 27.0 Å². The fraction of sp³-hybridized carbons (Fsp3) is 0.471. The third kappa shape index (κ3) is 6.36. The van der Waals surface area contributed by atoms with Crippen molar-refractivity contribution in [3.63, 3.8) is 0 Å². The summed E-state index contributed by atoms with van der Waals surface area (Å²) >= 11 is 35.7. The van der Waals surface area contributed by atoms with E-state index in [9.17, 15) is 0 Å². The van der Waals surface area contributed by atoms with Crippen molar-refractivity contribution < 1.29 is 0 Å². The lowest BCUT2D eigenvalue weighted by Gasteiger charge is -2.27. The topological polar surface area (TPSA) is 76.7 Å². The van der Waals surface area contributed by atoms with Gasteiger partial charge in [-0.05, 0) is 12.8 Å². The number of anilines is 1. The molecule has 0 saturated carbocycles. The van der Waals surface area contributed by atoms with Crippen LogP contribution in [0.2, 0.25) is 0 Å². The molecule has 0 aliphatic carbocycles. The van der Waals surface area contributed by atoms with Crippen molar-refractivity contribution in [3.8, 4) is 11.4 Å². The fourth-order valence-electron chi connectivity index (χ4n) is 2.27. The van der Waals surface area contributed by atoms with Gasteiger partial charge in [-0.25, -0.2) is 4.98 Å². The van der Waals surface area contributed by atoms with Crippen LogP contribution >= 0.6 is 69.6 Å². The van der Waals surface area contributed by atoms with Crippen molar-refractivity contribution in [1.82, 2.24) is 15.0 Å². The van der Waals surface area contributed by atoms with Crippen LogP contribution in [0.3, 0.4) is 0 Å². The lowest BCUT2D eigenvalue weighted by atomic mass is 9.94. The van der Waals surface area contributed by atoms with Gasteiger partial charge in [0.15, 0.2) is 11.6 Å². The SMILES string of the molecule is CCC(N)(CC)CNc1nc(-c2ccc(C(Cl)(Cl)Cl)cc2)nc(C(Cl)(Cl)Cl)n1. The number of nitrogens with one attached hydrogen (secondary N) is 1. The molecule has 0 aliphatic rings. The quantitative estimate of drug-likeness (QED) is 0.462. The van der Waals surface area contributed by atoms with Gasteiger partial charge >= 0.3 is 0 Å². The van der Waals surface area contributed by atoms with Crippen LogP contribution in [-0.2, 0) is 7.59 Å². The maximum Gasteiger partial charge on any atom is 0.250 e. The highest BCUT2D eigenvalue weighted by Crippen LogP contribution is 2.39. The Bertz CT molecular complexity index is 797. The number of halogens is 6. The van der Waals surface area contributed by atoms with Crippen molar-refractivity contribution in [2.24, 2.45) is 5.73 Å². The molecule has 0 bridgehead atoms. The largest absolute Gasteiger partial charge is 0.352 e. The first-order valence-corrected chi connectivity index (χ1v) is 10.7. The summed E-state index contributed by atoms with van der Waals surface area (Å²) in [6, 6.07) is 6.74. The number of hydrogen-bond donors (Lipinski definition) is 2. The molecule has 1 heterocycles.